The van der Waals surface area contributed by atoms with Crippen molar-refractivity contribution in [1.82, 2.24) is 0 Å². The molecule has 0 bridgehead atoms. The fourth-order valence-electron chi connectivity index (χ4n) is 0.586. The molecular formula is C5H11NO2S. The molecule has 0 aromatic carbocycles. The maximum Gasteiger partial charge on any atom is 0.188 e. The summed E-state index contributed by atoms with van der Waals surface area (Å²) in [5, 5.41) is 0.266. The minimum Gasteiger partial charge on any atom is -0.281 e. The van der Waals surface area contributed by atoms with Gasteiger partial charge in [0.2, 0.25) is 0 Å². The third kappa shape index (κ3) is 2.60. The number of aliphatic imine (C=N–C) groups is 1. The molecule has 0 aromatic heterocycles. The Labute approximate surface area is 55.7 Å². The Morgan fingerprint density at radius 1 is 1.56 bits per heavy atom. The molecule has 54 valence electrons. The molecule has 0 atom stereocenters. The molecule has 0 N–H and O–H groups in total. The number of hydrogen-bond donors (Lipinski definition) is 0. The predicted molar refractivity (Wildman–Crippen MR) is 38.5 cm³/mol. The van der Waals surface area contributed by atoms with E-state index >= 15 is 0 Å². The Morgan fingerprint density at radius 2 is 2.00 bits per heavy atom. The lowest BCUT2D eigenvalue weighted by Crippen LogP contribution is -2.10. The average molecular weight is 149 g/mol. The molecule has 0 aliphatic carbocycles. The highest BCUT2D eigenvalue weighted by Gasteiger charge is 2.07. The van der Waals surface area contributed by atoms with Crippen molar-refractivity contribution in [1.29, 1.82) is 0 Å². The van der Waals surface area contributed by atoms with Crippen LogP contribution in [0.25, 0.3) is 0 Å². The monoisotopic (exact) mass is 149 g/mol. The summed E-state index contributed by atoms with van der Waals surface area (Å²) in [6.07, 6.45) is 1.65. The van der Waals surface area contributed by atoms with Gasteiger partial charge in [-0.25, -0.2) is 8.42 Å². The number of sulfone groups is 1. The molecule has 0 heterocycles. The second kappa shape index (κ2) is 2.96. The zero-order chi connectivity index (χ0) is 7.49. The van der Waals surface area contributed by atoms with Crippen LogP contribution in [0.2, 0.25) is 0 Å². The lowest BCUT2D eigenvalue weighted by molar-refractivity contribution is 0.612. The predicted octanol–water partition coefficient (Wildman–Crippen LogP) is 0.469. The maximum absolute atomic E-state index is 10.7. The van der Waals surface area contributed by atoms with E-state index in [4.69, 9.17) is 0 Å². The van der Waals surface area contributed by atoms with Gasteiger partial charge >= 0.3 is 0 Å². The molecule has 0 fully saturated rings. The van der Waals surface area contributed by atoms with Crippen molar-refractivity contribution in [3.63, 3.8) is 0 Å². The van der Waals surface area contributed by atoms with Gasteiger partial charge in [-0.3, -0.25) is 4.99 Å². The van der Waals surface area contributed by atoms with Crippen molar-refractivity contribution in [2.75, 3.05) is 13.3 Å². The molecule has 4 heteroatoms. The van der Waals surface area contributed by atoms with Crippen LogP contribution < -0.4 is 0 Å². The van der Waals surface area contributed by atoms with E-state index in [2.05, 4.69) is 4.99 Å². The Hall–Kier alpha value is -0.380. The molecular weight excluding hydrogens is 138 g/mol. The van der Waals surface area contributed by atoms with E-state index in [1.807, 2.05) is 0 Å². The van der Waals surface area contributed by atoms with Gasteiger partial charge in [-0.1, -0.05) is 6.92 Å². The first kappa shape index (κ1) is 8.62. The zero-order valence-electron chi connectivity index (χ0n) is 5.88. The van der Waals surface area contributed by atoms with Crippen LogP contribution >= 0.6 is 0 Å². The normalized spacial score (nSPS) is 13.9. The molecule has 0 aromatic rings. The SMILES string of the molecule is CCC(=NC)S(C)(=O)=O. The highest BCUT2D eigenvalue weighted by atomic mass is 32.2. The Morgan fingerprint density at radius 3 is 2.00 bits per heavy atom. The largest absolute Gasteiger partial charge is 0.281 e. The first-order valence-electron chi connectivity index (χ1n) is 2.68. The number of nitrogens with zero attached hydrogens (tertiary/aromatic N) is 1. The third-order valence-electron chi connectivity index (χ3n) is 0.980. The summed E-state index contributed by atoms with van der Waals surface area (Å²) in [7, 11) is -1.53. The van der Waals surface area contributed by atoms with Gasteiger partial charge in [-0.15, -0.1) is 0 Å². The summed E-state index contributed by atoms with van der Waals surface area (Å²) in [4.78, 5) is 3.61. The molecule has 0 unspecified atom stereocenters. The lowest BCUT2D eigenvalue weighted by Gasteiger charge is -1.95. The van der Waals surface area contributed by atoms with E-state index in [9.17, 15) is 8.42 Å². The van der Waals surface area contributed by atoms with E-state index < -0.39 is 9.84 Å². The van der Waals surface area contributed by atoms with Gasteiger partial charge in [0.15, 0.2) is 9.84 Å². The van der Waals surface area contributed by atoms with E-state index in [1.54, 1.807) is 6.92 Å². The second-order valence-electron chi connectivity index (χ2n) is 1.74. The van der Waals surface area contributed by atoms with Crippen LogP contribution in [-0.4, -0.2) is 26.8 Å². The first-order valence-corrected chi connectivity index (χ1v) is 4.57. The lowest BCUT2D eigenvalue weighted by atomic mass is 10.5. The topological polar surface area (TPSA) is 46.5 Å². The maximum atomic E-state index is 10.7. The second-order valence-corrected chi connectivity index (χ2v) is 3.76. The minimum absolute atomic E-state index is 0.266. The van der Waals surface area contributed by atoms with Crippen molar-refractivity contribution in [2.24, 2.45) is 4.99 Å². The van der Waals surface area contributed by atoms with Gasteiger partial charge < -0.3 is 0 Å². The smallest absolute Gasteiger partial charge is 0.188 e. The highest BCUT2D eigenvalue weighted by molar-refractivity contribution is 8.05. The fourth-order valence-corrected chi connectivity index (χ4v) is 1.44. The van der Waals surface area contributed by atoms with Gasteiger partial charge in [0, 0.05) is 13.3 Å². The first-order chi connectivity index (χ1) is 4.02. The van der Waals surface area contributed by atoms with Crippen LogP contribution in [0.1, 0.15) is 13.3 Å². The molecule has 0 amide bonds. The van der Waals surface area contributed by atoms with Gasteiger partial charge in [-0.2, -0.15) is 0 Å². The molecule has 9 heavy (non-hydrogen) atoms. The van der Waals surface area contributed by atoms with Crippen molar-refractivity contribution in [2.45, 2.75) is 13.3 Å². The third-order valence-corrected chi connectivity index (χ3v) is 2.31. The summed E-state index contributed by atoms with van der Waals surface area (Å²) in [5.41, 5.74) is 0. The van der Waals surface area contributed by atoms with E-state index in [1.165, 1.54) is 13.3 Å². The molecule has 3 nitrogen and oxygen atoms in total. The van der Waals surface area contributed by atoms with Crippen LogP contribution in [0.3, 0.4) is 0 Å². The van der Waals surface area contributed by atoms with E-state index in [-0.39, 0.29) is 5.04 Å². The summed E-state index contributed by atoms with van der Waals surface area (Å²) in [6.45, 7) is 1.77. The van der Waals surface area contributed by atoms with Crippen molar-refractivity contribution >= 4 is 14.9 Å². The van der Waals surface area contributed by atoms with Gasteiger partial charge in [0.25, 0.3) is 0 Å². The van der Waals surface area contributed by atoms with Gasteiger partial charge in [0.1, 0.15) is 5.04 Å². The summed E-state index contributed by atoms with van der Waals surface area (Å²) >= 11 is 0. The standard InChI is InChI=1S/C5H11NO2S/c1-4-5(6-2)9(3,7)8/h4H2,1-3H3. The van der Waals surface area contributed by atoms with Crippen molar-refractivity contribution in [3.8, 4) is 0 Å². The summed E-state index contributed by atoms with van der Waals surface area (Å²) in [5.74, 6) is 0. The molecule has 0 rings (SSSR count). The molecule has 0 aliphatic rings. The van der Waals surface area contributed by atoms with Crippen molar-refractivity contribution in [3.05, 3.63) is 0 Å². The fraction of sp³-hybridized carbons (Fsp3) is 0.800. The molecule has 0 saturated carbocycles. The van der Waals surface area contributed by atoms with Gasteiger partial charge in [-0.05, 0) is 6.42 Å². The number of rotatable bonds is 1. The van der Waals surface area contributed by atoms with Crippen LogP contribution in [0.5, 0.6) is 0 Å². The highest BCUT2D eigenvalue weighted by Crippen LogP contribution is 1.93. The Kier molecular flexibility index (Phi) is 2.84. The molecule has 0 aliphatic heterocycles. The van der Waals surface area contributed by atoms with Crippen LogP contribution in [0.4, 0.5) is 0 Å². The average Bonchev–Trinajstić information content (AvgIpc) is 1.65. The number of hydrogen-bond acceptors (Lipinski definition) is 3. The van der Waals surface area contributed by atoms with Gasteiger partial charge in [0.05, 0.1) is 0 Å². The summed E-state index contributed by atoms with van der Waals surface area (Å²) < 4.78 is 21.3. The molecule has 0 radical (unpaired) electrons. The van der Waals surface area contributed by atoms with E-state index in [0.29, 0.717) is 6.42 Å². The zero-order valence-corrected chi connectivity index (χ0v) is 6.70. The van der Waals surface area contributed by atoms with Crippen LogP contribution in [-0.2, 0) is 9.84 Å². The van der Waals surface area contributed by atoms with Crippen molar-refractivity contribution < 1.29 is 8.42 Å². The van der Waals surface area contributed by atoms with Crippen LogP contribution in [0.15, 0.2) is 4.99 Å². The van der Waals surface area contributed by atoms with E-state index in [0.717, 1.165) is 0 Å². The Bertz CT molecular complexity index is 203. The Balaban J connectivity index is 4.56. The molecule has 0 saturated heterocycles. The van der Waals surface area contributed by atoms with Crippen LogP contribution in [0, 0.1) is 0 Å². The molecule has 0 spiro atoms. The quantitative estimate of drug-likeness (QED) is 0.402. The summed E-state index contributed by atoms with van der Waals surface area (Å²) in [6, 6.07) is 0. The minimum atomic E-state index is -3.02.